The third-order valence-electron chi connectivity index (χ3n) is 3.77. The van der Waals surface area contributed by atoms with Crippen molar-refractivity contribution in [2.24, 2.45) is 0 Å². The molecular formula is C20H24N2O4. The first kappa shape index (κ1) is 19.3. The molecule has 0 fully saturated rings. The Morgan fingerprint density at radius 2 is 1.81 bits per heavy atom. The van der Waals surface area contributed by atoms with Gasteiger partial charge in [0.15, 0.2) is 6.61 Å². The van der Waals surface area contributed by atoms with Gasteiger partial charge in [-0.1, -0.05) is 0 Å². The SMILES string of the molecule is CCN(CC)c1ccc(NC(=O)COC(=O)C=Cc2ccc(C)o2)cc1. The van der Waals surface area contributed by atoms with Crippen molar-refractivity contribution in [1.29, 1.82) is 0 Å². The van der Waals surface area contributed by atoms with E-state index >= 15 is 0 Å². The van der Waals surface area contributed by atoms with E-state index in [9.17, 15) is 9.59 Å². The van der Waals surface area contributed by atoms with Crippen molar-refractivity contribution in [2.45, 2.75) is 20.8 Å². The van der Waals surface area contributed by atoms with Crippen LogP contribution in [0.3, 0.4) is 0 Å². The maximum absolute atomic E-state index is 11.9. The Morgan fingerprint density at radius 3 is 2.38 bits per heavy atom. The maximum Gasteiger partial charge on any atom is 0.331 e. The Labute approximate surface area is 153 Å². The van der Waals surface area contributed by atoms with Crippen molar-refractivity contribution in [1.82, 2.24) is 0 Å². The van der Waals surface area contributed by atoms with Crippen LogP contribution >= 0.6 is 0 Å². The van der Waals surface area contributed by atoms with E-state index in [1.807, 2.05) is 31.2 Å². The quantitative estimate of drug-likeness (QED) is 0.578. The van der Waals surface area contributed by atoms with Gasteiger partial charge in [0.1, 0.15) is 11.5 Å². The largest absolute Gasteiger partial charge is 0.462 e. The van der Waals surface area contributed by atoms with Crippen molar-refractivity contribution >= 4 is 29.3 Å². The van der Waals surface area contributed by atoms with Gasteiger partial charge in [-0.25, -0.2) is 4.79 Å². The molecule has 0 spiro atoms. The second-order valence-electron chi connectivity index (χ2n) is 5.66. The van der Waals surface area contributed by atoms with Gasteiger partial charge in [-0.2, -0.15) is 0 Å². The number of carbonyl (C=O) groups excluding carboxylic acids is 2. The number of anilines is 2. The maximum atomic E-state index is 11.9. The van der Waals surface area contributed by atoms with Crippen molar-refractivity contribution in [2.75, 3.05) is 29.9 Å². The average molecular weight is 356 g/mol. The number of esters is 1. The smallest absolute Gasteiger partial charge is 0.331 e. The fourth-order valence-electron chi connectivity index (χ4n) is 2.42. The zero-order valence-electron chi connectivity index (χ0n) is 15.3. The Balaban J connectivity index is 1.79. The van der Waals surface area contributed by atoms with Crippen LogP contribution in [0.1, 0.15) is 25.4 Å². The Hall–Kier alpha value is -3.02. The first-order chi connectivity index (χ1) is 12.5. The van der Waals surface area contributed by atoms with Crippen LogP contribution in [-0.4, -0.2) is 31.6 Å². The first-order valence-corrected chi connectivity index (χ1v) is 8.58. The van der Waals surface area contributed by atoms with Gasteiger partial charge in [0.2, 0.25) is 0 Å². The molecule has 6 heteroatoms. The first-order valence-electron chi connectivity index (χ1n) is 8.58. The molecule has 6 nitrogen and oxygen atoms in total. The fraction of sp³-hybridized carbons (Fsp3) is 0.300. The molecule has 2 rings (SSSR count). The van der Waals surface area contributed by atoms with Gasteiger partial charge in [0.05, 0.1) is 0 Å². The van der Waals surface area contributed by atoms with E-state index in [2.05, 4.69) is 24.1 Å². The van der Waals surface area contributed by atoms with Crippen LogP contribution in [0.2, 0.25) is 0 Å². The van der Waals surface area contributed by atoms with E-state index in [0.717, 1.165) is 24.5 Å². The number of hydrogen-bond donors (Lipinski definition) is 1. The predicted octanol–water partition coefficient (Wildman–Crippen LogP) is 3.63. The second kappa shape index (κ2) is 9.46. The van der Waals surface area contributed by atoms with Crippen LogP contribution in [0, 0.1) is 6.92 Å². The summed E-state index contributed by atoms with van der Waals surface area (Å²) in [6.07, 6.45) is 2.73. The molecule has 0 saturated heterocycles. The molecule has 0 aliphatic carbocycles. The summed E-state index contributed by atoms with van der Waals surface area (Å²) >= 11 is 0. The molecule has 0 atom stereocenters. The standard InChI is InChI=1S/C20H24N2O4/c1-4-22(5-2)17-9-7-16(8-10-17)21-19(23)14-25-20(24)13-12-18-11-6-15(3)26-18/h6-13H,4-5,14H2,1-3H3,(H,21,23). The number of amides is 1. The van der Waals surface area contributed by atoms with Crippen LogP contribution in [-0.2, 0) is 14.3 Å². The van der Waals surface area contributed by atoms with Gasteiger partial charge in [-0.15, -0.1) is 0 Å². The number of benzene rings is 1. The molecule has 1 amide bonds. The molecule has 1 aromatic heterocycles. The number of aryl methyl sites for hydroxylation is 1. The molecule has 26 heavy (non-hydrogen) atoms. The van der Waals surface area contributed by atoms with Gasteiger partial charge in [-0.05, 0) is 63.2 Å². The number of furan rings is 1. The predicted molar refractivity (Wildman–Crippen MR) is 102 cm³/mol. The minimum absolute atomic E-state index is 0.349. The summed E-state index contributed by atoms with van der Waals surface area (Å²) < 4.78 is 10.2. The molecule has 1 heterocycles. The molecule has 0 saturated carbocycles. The summed E-state index contributed by atoms with van der Waals surface area (Å²) in [4.78, 5) is 25.7. The zero-order chi connectivity index (χ0) is 18.9. The highest BCUT2D eigenvalue weighted by atomic mass is 16.5. The third-order valence-corrected chi connectivity index (χ3v) is 3.77. The van der Waals surface area contributed by atoms with E-state index in [-0.39, 0.29) is 6.61 Å². The average Bonchev–Trinajstić information content (AvgIpc) is 3.06. The van der Waals surface area contributed by atoms with Gasteiger partial charge in [-0.3, -0.25) is 4.79 Å². The lowest BCUT2D eigenvalue weighted by atomic mass is 10.2. The topological polar surface area (TPSA) is 71.8 Å². The lowest BCUT2D eigenvalue weighted by Gasteiger charge is -2.21. The Morgan fingerprint density at radius 1 is 1.12 bits per heavy atom. The summed E-state index contributed by atoms with van der Waals surface area (Å²) in [6, 6.07) is 11.1. The monoisotopic (exact) mass is 356 g/mol. The second-order valence-corrected chi connectivity index (χ2v) is 5.66. The van der Waals surface area contributed by atoms with E-state index in [0.29, 0.717) is 11.4 Å². The number of carbonyl (C=O) groups is 2. The minimum atomic E-state index is -0.605. The molecule has 138 valence electrons. The summed E-state index contributed by atoms with van der Waals surface area (Å²) in [5.74, 6) is 0.309. The zero-order valence-corrected chi connectivity index (χ0v) is 15.3. The van der Waals surface area contributed by atoms with Crippen molar-refractivity contribution in [3.05, 3.63) is 54.0 Å². The summed E-state index contributed by atoms with van der Waals surface area (Å²) in [6.45, 7) is 7.49. The highest BCUT2D eigenvalue weighted by molar-refractivity contribution is 5.94. The number of hydrogen-bond acceptors (Lipinski definition) is 5. The number of ether oxygens (including phenoxy) is 1. The van der Waals surface area contributed by atoms with Gasteiger partial charge in [0.25, 0.3) is 5.91 Å². The molecule has 0 unspecified atom stereocenters. The van der Waals surface area contributed by atoms with E-state index in [4.69, 9.17) is 9.15 Å². The number of rotatable bonds is 8. The Bertz CT molecular complexity index is 758. The molecule has 0 aliphatic heterocycles. The number of nitrogens with one attached hydrogen (secondary N) is 1. The summed E-state index contributed by atoms with van der Waals surface area (Å²) in [7, 11) is 0. The highest BCUT2D eigenvalue weighted by Gasteiger charge is 2.07. The van der Waals surface area contributed by atoms with Crippen molar-refractivity contribution in [3.8, 4) is 0 Å². The number of nitrogens with zero attached hydrogens (tertiary/aromatic N) is 1. The normalized spacial score (nSPS) is 10.7. The molecular weight excluding hydrogens is 332 g/mol. The molecule has 1 aromatic carbocycles. The van der Waals surface area contributed by atoms with Gasteiger partial charge in [0, 0.05) is 30.5 Å². The van der Waals surface area contributed by atoms with Crippen molar-refractivity contribution in [3.63, 3.8) is 0 Å². The summed E-state index contributed by atoms with van der Waals surface area (Å²) in [5, 5.41) is 2.70. The lowest BCUT2D eigenvalue weighted by molar-refractivity contribution is -0.142. The molecule has 0 aliphatic rings. The van der Waals surface area contributed by atoms with Crippen LogP contribution in [0.25, 0.3) is 6.08 Å². The van der Waals surface area contributed by atoms with Gasteiger partial charge < -0.3 is 19.4 Å². The molecule has 0 bridgehead atoms. The van der Waals surface area contributed by atoms with Crippen LogP contribution < -0.4 is 10.2 Å². The minimum Gasteiger partial charge on any atom is -0.462 e. The fourth-order valence-corrected chi connectivity index (χ4v) is 2.42. The Kier molecular flexibility index (Phi) is 7.02. The summed E-state index contributed by atoms with van der Waals surface area (Å²) in [5.41, 5.74) is 1.75. The highest BCUT2D eigenvalue weighted by Crippen LogP contribution is 2.17. The van der Waals surface area contributed by atoms with E-state index in [1.165, 1.54) is 12.2 Å². The third kappa shape index (κ3) is 5.81. The van der Waals surface area contributed by atoms with E-state index < -0.39 is 11.9 Å². The lowest BCUT2D eigenvalue weighted by Crippen LogP contribution is -2.22. The van der Waals surface area contributed by atoms with Gasteiger partial charge >= 0.3 is 5.97 Å². The molecule has 2 aromatic rings. The molecule has 1 N–H and O–H groups in total. The van der Waals surface area contributed by atoms with Crippen LogP contribution in [0.4, 0.5) is 11.4 Å². The van der Waals surface area contributed by atoms with Crippen molar-refractivity contribution < 1.29 is 18.7 Å². The van der Waals surface area contributed by atoms with Crippen LogP contribution in [0.5, 0.6) is 0 Å². The molecule has 0 radical (unpaired) electrons. The van der Waals surface area contributed by atoms with E-state index in [1.54, 1.807) is 12.1 Å². The van der Waals surface area contributed by atoms with Crippen LogP contribution in [0.15, 0.2) is 46.9 Å².